The van der Waals surface area contributed by atoms with Gasteiger partial charge in [-0.25, -0.2) is 0 Å². The summed E-state index contributed by atoms with van der Waals surface area (Å²) >= 11 is 0. The average Bonchev–Trinajstić information content (AvgIpc) is 3.65. The molecule has 0 atom stereocenters. The van der Waals surface area contributed by atoms with Gasteiger partial charge in [0.15, 0.2) is 0 Å². The van der Waals surface area contributed by atoms with Gasteiger partial charge in [0.2, 0.25) is 0 Å². The van der Waals surface area contributed by atoms with E-state index in [-0.39, 0.29) is 0 Å². The molecule has 0 saturated carbocycles. The van der Waals surface area contributed by atoms with Crippen LogP contribution in [-0.4, -0.2) is 0 Å². The highest BCUT2D eigenvalue weighted by atomic mass is 16.3. The van der Waals surface area contributed by atoms with Gasteiger partial charge in [0.05, 0.1) is 0 Å². The normalized spacial score (nSPS) is 11.6. The Morgan fingerprint density at radius 2 is 0.750 bits per heavy atom. The monoisotopic (exact) mass is 713 g/mol. The lowest BCUT2D eigenvalue weighted by atomic mass is 9.97. The van der Waals surface area contributed by atoms with Crippen LogP contribution in [0.15, 0.2) is 217 Å². The predicted molar refractivity (Wildman–Crippen MR) is 237 cm³/mol. The van der Waals surface area contributed by atoms with Crippen LogP contribution in [0.5, 0.6) is 0 Å². The van der Waals surface area contributed by atoms with Crippen molar-refractivity contribution in [2.45, 2.75) is 0 Å². The van der Waals surface area contributed by atoms with E-state index >= 15 is 0 Å². The highest BCUT2D eigenvalue weighted by Gasteiger charge is 2.15. The first-order chi connectivity index (χ1) is 27.7. The van der Waals surface area contributed by atoms with Crippen molar-refractivity contribution in [3.63, 3.8) is 0 Å². The molecule has 0 radical (unpaired) electrons. The van der Waals surface area contributed by atoms with Crippen LogP contribution >= 0.6 is 0 Å². The lowest BCUT2D eigenvalue weighted by Gasteiger charge is -2.26. The second-order valence-electron chi connectivity index (χ2n) is 14.5. The van der Waals surface area contributed by atoms with Crippen molar-refractivity contribution in [1.29, 1.82) is 0 Å². The molecule has 0 saturated heterocycles. The number of anilines is 3. The molecule has 11 aromatic rings. The van der Waals surface area contributed by atoms with E-state index in [9.17, 15) is 0 Å². The molecular formula is C54H35NO. The maximum atomic E-state index is 6.11. The summed E-state index contributed by atoms with van der Waals surface area (Å²) in [6.45, 7) is 0. The molecule has 262 valence electrons. The average molecular weight is 714 g/mol. The zero-order chi connectivity index (χ0) is 37.0. The first-order valence-corrected chi connectivity index (χ1v) is 19.2. The molecule has 56 heavy (non-hydrogen) atoms. The Labute approximate surface area is 325 Å². The second kappa shape index (κ2) is 13.2. The van der Waals surface area contributed by atoms with E-state index in [2.05, 4.69) is 205 Å². The van der Waals surface area contributed by atoms with Gasteiger partial charge >= 0.3 is 0 Å². The Morgan fingerprint density at radius 3 is 1.46 bits per heavy atom. The molecule has 0 aliphatic rings. The van der Waals surface area contributed by atoms with E-state index in [0.717, 1.165) is 50.1 Å². The molecule has 1 aromatic heterocycles. The van der Waals surface area contributed by atoms with E-state index in [4.69, 9.17) is 4.42 Å². The van der Waals surface area contributed by atoms with E-state index in [1.807, 2.05) is 12.1 Å². The molecule has 2 heteroatoms. The van der Waals surface area contributed by atoms with Gasteiger partial charge in [0.25, 0.3) is 0 Å². The molecule has 1 heterocycles. The van der Waals surface area contributed by atoms with Gasteiger partial charge in [0, 0.05) is 27.8 Å². The van der Waals surface area contributed by atoms with Crippen molar-refractivity contribution in [2.75, 3.05) is 4.90 Å². The van der Waals surface area contributed by atoms with Gasteiger partial charge in [0.1, 0.15) is 11.2 Å². The largest absolute Gasteiger partial charge is 0.456 e. The fraction of sp³-hybridized carbons (Fsp3) is 0. The summed E-state index contributed by atoms with van der Waals surface area (Å²) in [6, 6.07) is 76.6. The van der Waals surface area contributed by atoms with Gasteiger partial charge in [-0.3, -0.25) is 0 Å². The molecule has 10 aromatic carbocycles. The van der Waals surface area contributed by atoms with Crippen LogP contribution in [0.25, 0.3) is 87.6 Å². The minimum Gasteiger partial charge on any atom is -0.456 e. The Balaban J connectivity index is 0.973. The lowest BCUT2D eigenvalue weighted by molar-refractivity contribution is 0.669. The van der Waals surface area contributed by atoms with Gasteiger partial charge in [-0.05, 0) is 126 Å². The molecule has 2 nitrogen and oxygen atoms in total. The van der Waals surface area contributed by atoms with Gasteiger partial charge in [-0.2, -0.15) is 0 Å². The number of nitrogens with zero attached hydrogens (tertiary/aromatic N) is 1. The van der Waals surface area contributed by atoms with E-state index < -0.39 is 0 Å². The second-order valence-corrected chi connectivity index (χ2v) is 14.5. The number of benzene rings is 10. The quantitative estimate of drug-likeness (QED) is 0.160. The van der Waals surface area contributed by atoms with Crippen LogP contribution in [0, 0.1) is 0 Å². The third-order valence-electron chi connectivity index (χ3n) is 11.3. The highest BCUT2D eigenvalue weighted by molar-refractivity contribution is 6.09. The van der Waals surface area contributed by atoms with Crippen molar-refractivity contribution >= 4 is 71.3 Å². The number of fused-ring (bicyclic) bond motifs is 7. The van der Waals surface area contributed by atoms with Crippen molar-refractivity contribution < 1.29 is 4.42 Å². The van der Waals surface area contributed by atoms with Crippen LogP contribution in [-0.2, 0) is 0 Å². The van der Waals surface area contributed by atoms with Crippen LogP contribution in [0.4, 0.5) is 17.1 Å². The number of furan rings is 1. The number of hydrogen-bond acceptors (Lipinski definition) is 2. The molecule has 11 rings (SSSR count). The summed E-state index contributed by atoms with van der Waals surface area (Å²) in [6.07, 6.45) is 0. The van der Waals surface area contributed by atoms with E-state index in [1.165, 1.54) is 54.6 Å². The Hall–Kier alpha value is -7.42. The summed E-state index contributed by atoms with van der Waals surface area (Å²) in [5, 5.41) is 9.86. The van der Waals surface area contributed by atoms with Crippen molar-refractivity contribution in [1.82, 2.24) is 0 Å². The SMILES string of the molecule is c1ccc2c(-c3ccc(N(c4ccc(-c5ccc6c(ccc7ccccc76)c5)cc4)c4ccc(-c5ccc6oc7ccccc7c6c5)cc4)cc3)cccc2c1. The van der Waals surface area contributed by atoms with Crippen LogP contribution < -0.4 is 4.90 Å². The smallest absolute Gasteiger partial charge is 0.135 e. The fourth-order valence-electron chi connectivity index (χ4n) is 8.42. The van der Waals surface area contributed by atoms with Crippen LogP contribution in [0.2, 0.25) is 0 Å². The maximum Gasteiger partial charge on any atom is 0.135 e. The summed E-state index contributed by atoms with van der Waals surface area (Å²) in [4.78, 5) is 2.35. The maximum absolute atomic E-state index is 6.11. The minimum absolute atomic E-state index is 0.908. The molecule has 0 bridgehead atoms. The summed E-state index contributed by atoms with van der Waals surface area (Å²) < 4.78 is 6.11. The predicted octanol–water partition coefficient (Wildman–Crippen LogP) is 15.5. The van der Waals surface area contributed by atoms with Gasteiger partial charge in [-0.15, -0.1) is 0 Å². The Bertz CT molecular complexity index is 3220. The molecular weight excluding hydrogens is 679 g/mol. The summed E-state index contributed by atoms with van der Waals surface area (Å²) in [5.74, 6) is 0. The standard InChI is InChI=1S/C54H35NO/c1-3-11-47-38(8-1)10-7-14-49(47)40-22-30-46(31-23-40)55(45-28-20-37(21-29-45)42-25-33-54-52(35-42)51-13-5-6-15-53(51)56-54)44-26-18-36(19-27-44)41-24-32-50-43(34-41)17-16-39-9-2-4-12-48(39)50/h1-35H. The van der Waals surface area contributed by atoms with Crippen molar-refractivity contribution in [3.8, 4) is 33.4 Å². The van der Waals surface area contributed by atoms with Gasteiger partial charge in [-0.1, -0.05) is 152 Å². The molecule has 0 spiro atoms. The molecule has 0 unspecified atom stereocenters. The lowest BCUT2D eigenvalue weighted by Crippen LogP contribution is -2.09. The zero-order valence-electron chi connectivity index (χ0n) is 30.6. The van der Waals surface area contributed by atoms with Crippen molar-refractivity contribution in [3.05, 3.63) is 212 Å². The molecule has 0 fully saturated rings. The summed E-state index contributed by atoms with van der Waals surface area (Å²) in [5.41, 5.74) is 12.2. The first-order valence-electron chi connectivity index (χ1n) is 19.2. The Kier molecular flexibility index (Phi) is 7.53. The van der Waals surface area contributed by atoms with Crippen LogP contribution in [0.3, 0.4) is 0 Å². The van der Waals surface area contributed by atoms with E-state index in [1.54, 1.807) is 0 Å². The first kappa shape index (κ1) is 32.0. The molecule has 0 aliphatic heterocycles. The van der Waals surface area contributed by atoms with Crippen LogP contribution in [0.1, 0.15) is 0 Å². The third kappa shape index (κ3) is 5.51. The number of hydrogen-bond donors (Lipinski definition) is 0. The van der Waals surface area contributed by atoms with Crippen molar-refractivity contribution in [2.24, 2.45) is 0 Å². The topological polar surface area (TPSA) is 16.4 Å². The third-order valence-corrected chi connectivity index (χ3v) is 11.3. The molecule has 0 amide bonds. The minimum atomic E-state index is 0.908. The summed E-state index contributed by atoms with van der Waals surface area (Å²) in [7, 11) is 0. The molecule has 0 N–H and O–H groups in total. The number of rotatable bonds is 6. The van der Waals surface area contributed by atoms with E-state index in [0.29, 0.717) is 0 Å². The van der Waals surface area contributed by atoms with Gasteiger partial charge < -0.3 is 9.32 Å². The molecule has 0 aliphatic carbocycles. The Morgan fingerprint density at radius 1 is 0.268 bits per heavy atom. The highest BCUT2D eigenvalue weighted by Crippen LogP contribution is 2.40. The fourth-order valence-corrected chi connectivity index (χ4v) is 8.42. The number of para-hydroxylation sites is 1. The zero-order valence-corrected chi connectivity index (χ0v) is 30.6.